The van der Waals surface area contributed by atoms with Crippen LogP contribution in [0.3, 0.4) is 0 Å². The number of hydrogen-bond donors (Lipinski definition) is 1. The SMILES string of the molecule is CCCCCCNC(=O)CSc1ccc(C)cn1. The molecule has 1 aromatic heterocycles. The summed E-state index contributed by atoms with van der Waals surface area (Å²) in [5.74, 6) is 0.544. The molecule has 0 unspecified atom stereocenters. The van der Waals surface area contributed by atoms with E-state index in [4.69, 9.17) is 0 Å². The van der Waals surface area contributed by atoms with E-state index in [-0.39, 0.29) is 5.91 Å². The molecule has 1 heterocycles. The monoisotopic (exact) mass is 266 g/mol. The van der Waals surface area contributed by atoms with Crippen molar-refractivity contribution in [2.45, 2.75) is 44.6 Å². The van der Waals surface area contributed by atoms with Crippen LogP contribution in [0.25, 0.3) is 0 Å². The molecule has 0 aliphatic carbocycles. The number of rotatable bonds is 8. The highest BCUT2D eigenvalue weighted by Crippen LogP contribution is 2.14. The molecule has 18 heavy (non-hydrogen) atoms. The Bertz CT molecular complexity index is 351. The molecule has 0 atom stereocenters. The summed E-state index contributed by atoms with van der Waals surface area (Å²) in [6.07, 6.45) is 6.57. The molecule has 1 amide bonds. The Morgan fingerprint density at radius 3 is 2.83 bits per heavy atom. The Kier molecular flexibility index (Phi) is 7.49. The predicted octanol–water partition coefficient (Wildman–Crippen LogP) is 3.18. The zero-order valence-electron chi connectivity index (χ0n) is 11.2. The van der Waals surface area contributed by atoms with Crippen LogP contribution in [-0.4, -0.2) is 23.2 Å². The first-order valence-electron chi connectivity index (χ1n) is 6.54. The average molecular weight is 266 g/mol. The Hall–Kier alpha value is -1.03. The highest BCUT2D eigenvalue weighted by Gasteiger charge is 2.02. The number of aryl methyl sites for hydroxylation is 1. The van der Waals surface area contributed by atoms with Gasteiger partial charge in [0.25, 0.3) is 0 Å². The van der Waals surface area contributed by atoms with E-state index >= 15 is 0 Å². The van der Waals surface area contributed by atoms with Crippen molar-refractivity contribution in [3.8, 4) is 0 Å². The van der Waals surface area contributed by atoms with Crippen LogP contribution in [-0.2, 0) is 4.79 Å². The maximum Gasteiger partial charge on any atom is 0.230 e. The van der Waals surface area contributed by atoms with Gasteiger partial charge in [0.15, 0.2) is 0 Å². The molecule has 0 saturated heterocycles. The molecule has 1 N–H and O–H groups in total. The van der Waals surface area contributed by atoms with E-state index in [9.17, 15) is 4.79 Å². The first-order valence-corrected chi connectivity index (χ1v) is 7.53. The number of amides is 1. The number of pyridine rings is 1. The van der Waals surface area contributed by atoms with Gasteiger partial charge in [-0.1, -0.05) is 44.0 Å². The Morgan fingerprint density at radius 2 is 2.17 bits per heavy atom. The van der Waals surface area contributed by atoms with Crippen LogP contribution in [0.1, 0.15) is 38.2 Å². The maximum absolute atomic E-state index is 11.6. The molecule has 0 aromatic carbocycles. The van der Waals surface area contributed by atoms with Crippen LogP contribution in [0.2, 0.25) is 0 Å². The lowest BCUT2D eigenvalue weighted by molar-refractivity contribution is -0.118. The molecule has 1 aromatic rings. The van der Waals surface area contributed by atoms with E-state index in [1.165, 1.54) is 31.0 Å². The molecule has 0 fully saturated rings. The van der Waals surface area contributed by atoms with Gasteiger partial charge < -0.3 is 5.32 Å². The third-order valence-corrected chi connectivity index (χ3v) is 3.53. The number of carbonyl (C=O) groups is 1. The van der Waals surface area contributed by atoms with Crippen molar-refractivity contribution in [3.63, 3.8) is 0 Å². The van der Waals surface area contributed by atoms with Crippen molar-refractivity contribution in [1.82, 2.24) is 10.3 Å². The minimum atomic E-state index is 0.0962. The van der Waals surface area contributed by atoms with Crippen LogP contribution in [0, 0.1) is 6.92 Å². The quantitative estimate of drug-likeness (QED) is 0.580. The summed E-state index contributed by atoms with van der Waals surface area (Å²) in [6.45, 7) is 4.98. The van der Waals surface area contributed by atoms with Gasteiger partial charge in [0.2, 0.25) is 5.91 Å². The topological polar surface area (TPSA) is 42.0 Å². The minimum absolute atomic E-state index is 0.0962. The molecular weight excluding hydrogens is 244 g/mol. The van der Waals surface area contributed by atoms with Crippen LogP contribution >= 0.6 is 11.8 Å². The molecule has 0 aliphatic heterocycles. The second kappa shape index (κ2) is 8.97. The fourth-order valence-corrected chi connectivity index (χ4v) is 2.18. The first kappa shape index (κ1) is 15.0. The minimum Gasteiger partial charge on any atom is -0.355 e. The van der Waals surface area contributed by atoms with E-state index in [1.807, 2.05) is 25.3 Å². The predicted molar refractivity (Wildman–Crippen MR) is 76.8 cm³/mol. The molecule has 0 saturated carbocycles. The molecule has 100 valence electrons. The lowest BCUT2D eigenvalue weighted by Gasteiger charge is -2.04. The Labute approximate surface area is 114 Å². The number of hydrogen-bond acceptors (Lipinski definition) is 3. The summed E-state index contributed by atoms with van der Waals surface area (Å²) in [5, 5.41) is 3.84. The number of thioether (sulfide) groups is 1. The zero-order chi connectivity index (χ0) is 13.2. The highest BCUT2D eigenvalue weighted by molar-refractivity contribution is 7.99. The molecule has 0 bridgehead atoms. The largest absolute Gasteiger partial charge is 0.355 e. The zero-order valence-corrected chi connectivity index (χ0v) is 12.1. The second-order valence-corrected chi connectivity index (χ2v) is 5.37. The summed E-state index contributed by atoms with van der Waals surface area (Å²) in [5.41, 5.74) is 1.14. The molecule has 1 rings (SSSR count). The normalized spacial score (nSPS) is 10.3. The summed E-state index contributed by atoms with van der Waals surface area (Å²) >= 11 is 1.48. The van der Waals surface area contributed by atoms with Gasteiger partial charge in [-0.05, 0) is 25.0 Å². The highest BCUT2D eigenvalue weighted by atomic mass is 32.2. The van der Waals surface area contributed by atoms with Gasteiger partial charge in [-0.2, -0.15) is 0 Å². The summed E-state index contributed by atoms with van der Waals surface area (Å²) in [4.78, 5) is 15.8. The fourth-order valence-electron chi connectivity index (χ4n) is 1.51. The third kappa shape index (κ3) is 6.64. The van der Waals surface area contributed by atoms with E-state index < -0.39 is 0 Å². The smallest absolute Gasteiger partial charge is 0.230 e. The molecule has 0 radical (unpaired) electrons. The van der Waals surface area contributed by atoms with Crippen LogP contribution < -0.4 is 5.32 Å². The van der Waals surface area contributed by atoms with Crippen molar-refractivity contribution in [2.75, 3.05) is 12.3 Å². The van der Waals surface area contributed by atoms with Crippen LogP contribution in [0.15, 0.2) is 23.4 Å². The van der Waals surface area contributed by atoms with Gasteiger partial charge in [0, 0.05) is 12.7 Å². The first-order chi connectivity index (χ1) is 8.72. The molecule has 0 aliphatic rings. The number of carbonyl (C=O) groups excluding carboxylic acids is 1. The number of unbranched alkanes of at least 4 members (excludes halogenated alkanes) is 3. The summed E-state index contributed by atoms with van der Waals surface area (Å²) in [7, 11) is 0. The van der Waals surface area contributed by atoms with Crippen molar-refractivity contribution in [2.24, 2.45) is 0 Å². The summed E-state index contributed by atoms with van der Waals surface area (Å²) in [6, 6.07) is 3.96. The Balaban J connectivity index is 2.11. The number of aromatic nitrogens is 1. The average Bonchev–Trinajstić information content (AvgIpc) is 2.38. The van der Waals surface area contributed by atoms with E-state index in [2.05, 4.69) is 17.2 Å². The van der Waals surface area contributed by atoms with Crippen molar-refractivity contribution in [1.29, 1.82) is 0 Å². The standard InChI is InChI=1S/C14H22N2OS/c1-3-4-5-6-9-15-13(17)11-18-14-8-7-12(2)10-16-14/h7-8,10H,3-6,9,11H2,1-2H3,(H,15,17). The van der Waals surface area contributed by atoms with Gasteiger partial charge in [-0.15, -0.1) is 0 Å². The number of nitrogens with zero attached hydrogens (tertiary/aromatic N) is 1. The van der Waals surface area contributed by atoms with E-state index in [0.29, 0.717) is 5.75 Å². The van der Waals surface area contributed by atoms with Crippen molar-refractivity contribution in [3.05, 3.63) is 23.9 Å². The van der Waals surface area contributed by atoms with Crippen LogP contribution in [0.4, 0.5) is 0 Å². The van der Waals surface area contributed by atoms with Gasteiger partial charge in [0.05, 0.1) is 10.8 Å². The summed E-state index contributed by atoms with van der Waals surface area (Å²) < 4.78 is 0. The van der Waals surface area contributed by atoms with E-state index in [1.54, 1.807) is 0 Å². The number of nitrogens with one attached hydrogen (secondary N) is 1. The van der Waals surface area contributed by atoms with E-state index in [0.717, 1.165) is 23.6 Å². The molecule has 0 spiro atoms. The van der Waals surface area contributed by atoms with Crippen molar-refractivity contribution >= 4 is 17.7 Å². The van der Waals surface area contributed by atoms with Gasteiger partial charge in [-0.3, -0.25) is 4.79 Å². The second-order valence-electron chi connectivity index (χ2n) is 4.37. The van der Waals surface area contributed by atoms with Gasteiger partial charge in [-0.25, -0.2) is 4.98 Å². The Morgan fingerprint density at radius 1 is 1.33 bits per heavy atom. The third-order valence-electron chi connectivity index (χ3n) is 2.59. The van der Waals surface area contributed by atoms with Crippen molar-refractivity contribution < 1.29 is 4.79 Å². The fraction of sp³-hybridized carbons (Fsp3) is 0.571. The molecular formula is C14H22N2OS. The van der Waals surface area contributed by atoms with Gasteiger partial charge in [0.1, 0.15) is 0 Å². The maximum atomic E-state index is 11.6. The van der Waals surface area contributed by atoms with Crippen LogP contribution in [0.5, 0.6) is 0 Å². The lowest BCUT2D eigenvalue weighted by Crippen LogP contribution is -2.26. The van der Waals surface area contributed by atoms with Gasteiger partial charge >= 0.3 is 0 Å². The lowest BCUT2D eigenvalue weighted by atomic mass is 10.2. The molecule has 3 nitrogen and oxygen atoms in total. The molecule has 4 heteroatoms.